The fourth-order valence-electron chi connectivity index (χ4n) is 6.63. The highest BCUT2D eigenvalue weighted by Gasteiger charge is 2.27. The Morgan fingerprint density at radius 2 is 1.70 bits per heavy atom. The molecule has 218 valence electrons. The molecule has 40 heavy (non-hydrogen) atoms. The van der Waals surface area contributed by atoms with E-state index in [2.05, 4.69) is 62.5 Å². The van der Waals surface area contributed by atoms with Crippen LogP contribution < -0.4 is 21.3 Å². The summed E-state index contributed by atoms with van der Waals surface area (Å²) in [7, 11) is 2.22. The molecule has 0 unspecified atom stereocenters. The van der Waals surface area contributed by atoms with E-state index in [1.807, 2.05) is 6.92 Å². The summed E-state index contributed by atoms with van der Waals surface area (Å²) >= 11 is 0. The van der Waals surface area contributed by atoms with Crippen LogP contribution in [0.25, 0.3) is 0 Å². The van der Waals surface area contributed by atoms with Crippen LogP contribution in [0.5, 0.6) is 0 Å². The summed E-state index contributed by atoms with van der Waals surface area (Å²) in [5.41, 5.74) is 10.1. The zero-order chi connectivity index (χ0) is 28.1. The zero-order valence-electron chi connectivity index (χ0n) is 24.7. The van der Waals surface area contributed by atoms with E-state index in [4.69, 9.17) is 10.7 Å². The van der Waals surface area contributed by atoms with Crippen LogP contribution in [0.1, 0.15) is 73.6 Å². The molecule has 0 radical (unpaired) electrons. The van der Waals surface area contributed by atoms with Crippen molar-refractivity contribution in [3.8, 4) is 0 Å². The largest absolute Gasteiger partial charge is 0.371 e. The maximum absolute atomic E-state index is 12.3. The number of anilines is 4. The van der Waals surface area contributed by atoms with Crippen LogP contribution >= 0.6 is 0 Å². The number of amides is 1. The highest BCUT2D eigenvalue weighted by molar-refractivity contribution is 5.96. The van der Waals surface area contributed by atoms with Crippen molar-refractivity contribution in [1.82, 2.24) is 19.8 Å². The molecule has 2 aliphatic heterocycles. The molecule has 3 aliphatic rings. The average molecular weight is 549 g/mol. The van der Waals surface area contributed by atoms with Gasteiger partial charge in [0.2, 0.25) is 0 Å². The number of likely N-dealkylation sites (N-methyl/N-ethyl adjacent to an activating group) is 1. The second-order valence-electron chi connectivity index (χ2n) is 12.0. The molecule has 3 fully saturated rings. The minimum absolute atomic E-state index is 0.188. The van der Waals surface area contributed by atoms with E-state index in [0.717, 1.165) is 36.8 Å². The fourth-order valence-corrected chi connectivity index (χ4v) is 6.63. The number of benzene rings is 1. The number of piperidine rings is 1. The summed E-state index contributed by atoms with van der Waals surface area (Å²) in [5.74, 6) is 1.25. The van der Waals surface area contributed by atoms with Crippen LogP contribution in [0.2, 0.25) is 0 Å². The summed E-state index contributed by atoms with van der Waals surface area (Å²) in [6, 6.07) is 7.10. The highest BCUT2D eigenvalue weighted by Crippen LogP contribution is 2.30. The van der Waals surface area contributed by atoms with Crippen LogP contribution in [0.3, 0.4) is 0 Å². The number of primary amides is 1. The van der Waals surface area contributed by atoms with Gasteiger partial charge in [-0.3, -0.25) is 9.69 Å². The van der Waals surface area contributed by atoms with Crippen molar-refractivity contribution in [3.05, 3.63) is 35.2 Å². The zero-order valence-corrected chi connectivity index (χ0v) is 24.7. The van der Waals surface area contributed by atoms with Gasteiger partial charge in [-0.05, 0) is 75.8 Å². The molecule has 2 saturated heterocycles. The average Bonchev–Trinajstić information content (AvgIpc) is 2.97. The van der Waals surface area contributed by atoms with Crippen LogP contribution in [0.15, 0.2) is 18.2 Å². The Labute approximate surface area is 239 Å². The first-order chi connectivity index (χ1) is 19.4. The fraction of sp³-hybridized carbons (Fsp3) is 0.645. The molecule has 0 atom stereocenters. The predicted molar refractivity (Wildman–Crippen MR) is 164 cm³/mol. The third kappa shape index (κ3) is 6.86. The van der Waals surface area contributed by atoms with E-state index in [-0.39, 0.29) is 5.69 Å². The minimum Gasteiger partial charge on any atom is -0.371 e. The molecule has 5 rings (SSSR count). The molecule has 1 amide bonds. The van der Waals surface area contributed by atoms with Gasteiger partial charge in [0.15, 0.2) is 11.5 Å². The van der Waals surface area contributed by atoms with Crippen LogP contribution in [-0.4, -0.2) is 84.6 Å². The molecule has 1 aromatic heterocycles. The summed E-state index contributed by atoms with van der Waals surface area (Å²) in [6.45, 7) is 12.0. The smallest absolute Gasteiger partial charge is 0.271 e. The normalized spacial score (nSPS) is 20.0. The third-order valence-corrected chi connectivity index (χ3v) is 9.14. The summed E-state index contributed by atoms with van der Waals surface area (Å²) < 4.78 is 0. The van der Waals surface area contributed by atoms with Crippen LogP contribution in [0.4, 0.5) is 23.0 Å². The summed E-state index contributed by atoms with van der Waals surface area (Å²) in [6.07, 6.45) is 9.55. The van der Waals surface area contributed by atoms with Crippen LogP contribution in [0, 0.1) is 12.8 Å². The number of aryl methyl sites for hydroxylation is 2. The van der Waals surface area contributed by atoms with E-state index in [1.165, 1.54) is 82.4 Å². The van der Waals surface area contributed by atoms with Gasteiger partial charge in [0.1, 0.15) is 5.82 Å². The van der Waals surface area contributed by atoms with E-state index in [9.17, 15) is 4.79 Å². The number of piperazine rings is 1. The number of nitrogens with one attached hydrogen (secondary N) is 2. The standard InChI is InChI=1S/C31H48N8O/c1-4-26-30(33-21-23-8-6-5-7-9-23)36-31(28(35-26)29(32)40)34-24-10-11-27(22(2)20-24)39-14-12-25(13-15-39)38-18-16-37(3)17-19-38/h10-11,20,23,25H,4-9,12-19,21H2,1-3H3,(H2,32,40)(H2,33,34,36). The molecule has 1 aliphatic carbocycles. The first-order valence-electron chi connectivity index (χ1n) is 15.4. The minimum atomic E-state index is -0.569. The summed E-state index contributed by atoms with van der Waals surface area (Å²) in [5, 5.41) is 6.91. The molecule has 0 spiro atoms. The SMILES string of the molecule is CCc1nc(C(N)=O)c(Nc2ccc(N3CCC(N4CCN(C)CC4)CC3)c(C)c2)nc1NCC1CCCCC1. The van der Waals surface area contributed by atoms with Gasteiger partial charge in [-0.25, -0.2) is 9.97 Å². The number of nitrogens with zero attached hydrogens (tertiary/aromatic N) is 5. The van der Waals surface area contributed by atoms with E-state index in [0.29, 0.717) is 24.2 Å². The van der Waals surface area contributed by atoms with E-state index >= 15 is 0 Å². The number of carbonyl (C=O) groups is 1. The Hall–Kier alpha value is -2.91. The quantitative estimate of drug-likeness (QED) is 0.424. The van der Waals surface area contributed by atoms with E-state index in [1.54, 1.807) is 0 Å². The number of carbonyl (C=O) groups excluding carboxylic acids is 1. The number of hydrogen-bond donors (Lipinski definition) is 3. The van der Waals surface area contributed by atoms with Crippen molar-refractivity contribution in [3.63, 3.8) is 0 Å². The summed E-state index contributed by atoms with van der Waals surface area (Å²) in [4.78, 5) is 29.4. The van der Waals surface area contributed by atoms with Gasteiger partial charge in [-0.1, -0.05) is 26.2 Å². The van der Waals surface area contributed by atoms with Gasteiger partial charge in [0.25, 0.3) is 5.91 Å². The van der Waals surface area contributed by atoms with Gasteiger partial charge in [0, 0.05) is 63.2 Å². The monoisotopic (exact) mass is 548 g/mol. The number of hydrogen-bond acceptors (Lipinski definition) is 8. The topological polar surface area (TPSA) is 103 Å². The molecule has 0 bridgehead atoms. The Balaban J connectivity index is 1.26. The maximum Gasteiger partial charge on any atom is 0.271 e. The molecular formula is C31H48N8O. The lowest BCUT2D eigenvalue weighted by Gasteiger charge is -2.43. The van der Waals surface area contributed by atoms with Crippen molar-refractivity contribution in [2.24, 2.45) is 11.7 Å². The lowest BCUT2D eigenvalue weighted by Crippen LogP contribution is -2.52. The lowest BCUT2D eigenvalue weighted by atomic mass is 9.89. The highest BCUT2D eigenvalue weighted by atomic mass is 16.1. The van der Waals surface area contributed by atoms with Gasteiger partial charge in [0.05, 0.1) is 5.69 Å². The number of nitrogens with two attached hydrogens (primary N) is 1. The molecule has 1 aromatic carbocycles. The predicted octanol–water partition coefficient (Wildman–Crippen LogP) is 4.40. The van der Waals surface area contributed by atoms with Gasteiger partial charge in [-0.2, -0.15) is 0 Å². The molecular weight excluding hydrogens is 500 g/mol. The first-order valence-corrected chi connectivity index (χ1v) is 15.4. The second-order valence-corrected chi connectivity index (χ2v) is 12.0. The molecule has 4 N–H and O–H groups in total. The Morgan fingerprint density at radius 3 is 2.35 bits per heavy atom. The molecule has 2 aromatic rings. The lowest BCUT2D eigenvalue weighted by molar-refractivity contribution is 0.0982. The molecule has 1 saturated carbocycles. The first kappa shape index (κ1) is 28.6. The second kappa shape index (κ2) is 13.2. The van der Waals surface area contributed by atoms with E-state index < -0.39 is 5.91 Å². The van der Waals surface area contributed by atoms with Crippen LogP contribution in [-0.2, 0) is 6.42 Å². The van der Waals surface area contributed by atoms with Gasteiger partial charge >= 0.3 is 0 Å². The Bertz CT molecular complexity index is 1150. The van der Waals surface area contributed by atoms with Gasteiger partial charge < -0.3 is 26.2 Å². The van der Waals surface area contributed by atoms with Gasteiger partial charge in [-0.15, -0.1) is 0 Å². The van der Waals surface area contributed by atoms with Crippen molar-refractivity contribution < 1.29 is 4.79 Å². The number of aromatic nitrogens is 2. The number of rotatable bonds is 9. The maximum atomic E-state index is 12.3. The van der Waals surface area contributed by atoms with Crippen molar-refractivity contribution in [1.29, 1.82) is 0 Å². The van der Waals surface area contributed by atoms with Crippen molar-refractivity contribution >= 4 is 28.9 Å². The third-order valence-electron chi connectivity index (χ3n) is 9.14. The molecule has 3 heterocycles. The molecule has 9 nitrogen and oxygen atoms in total. The molecule has 9 heteroatoms. The van der Waals surface area contributed by atoms with Crippen molar-refractivity contribution in [2.75, 3.05) is 68.4 Å². The van der Waals surface area contributed by atoms with Crippen molar-refractivity contribution in [2.45, 2.75) is 71.3 Å². The Morgan fingerprint density at radius 1 is 0.975 bits per heavy atom. The Kier molecular flexibility index (Phi) is 9.42.